The Morgan fingerprint density at radius 3 is 2.57 bits per heavy atom. The van der Waals surface area contributed by atoms with E-state index in [1.54, 1.807) is 0 Å². The summed E-state index contributed by atoms with van der Waals surface area (Å²) >= 11 is 1.18. The number of nitrogen functional groups attached to an aromatic ring is 1. The van der Waals surface area contributed by atoms with Crippen LogP contribution >= 0.6 is 11.5 Å². The summed E-state index contributed by atoms with van der Waals surface area (Å²) in [5.41, 5.74) is 7.65. The summed E-state index contributed by atoms with van der Waals surface area (Å²) in [4.78, 5) is 4.00. The van der Waals surface area contributed by atoms with Crippen molar-refractivity contribution in [1.82, 2.24) is 9.36 Å². The second-order valence-electron chi connectivity index (χ2n) is 2.95. The summed E-state index contributed by atoms with van der Waals surface area (Å²) in [6, 6.07) is 8.01. The molecule has 0 spiro atoms. The topological polar surface area (TPSA) is 63.8 Å². The first-order valence-corrected chi connectivity index (χ1v) is 4.94. The number of benzene rings is 1. The van der Waals surface area contributed by atoms with Crippen LogP contribution in [0.5, 0.6) is 0 Å². The molecular formula is C9H10N4S. The highest BCUT2D eigenvalue weighted by Gasteiger charge is 1.99. The van der Waals surface area contributed by atoms with Gasteiger partial charge in [0, 0.05) is 17.2 Å². The summed E-state index contributed by atoms with van der Waals surface area (Å²) in [5, 5.41) is 3.53. The molecule has 5 heteroatoms. The number of nitrogens with two attached hydrogens (primary N) is 1. The van der Waals surface area contributed by atoms with Gasteiger partial charge in [0.25, 0.3) is 0 Å². The molecule has 0 saturated carbocycles. The number of hydrogen-bond acceptors (Lipinski definition) is 5. The van der Waals surface area contributed by atoms with Gasteiger partial charge in [-0.1, -0.05) is 17.7 Å². The van der Waals surface area contributed by atoms with Gasteiger partial charge in [-0.05, 0) is 19.1 Å². The van der Waals surface area contributed by atoms with Crippen molar-refractivity contribution in [2.45, 2.75) is 6.92 Å². The monoisotopic (exact) mass is 206 g/mol. The van der Waals surface area contributed by atoms with Crippen molar-refractivity contribution < 1.29 is 0 Å². The van der Waals surface area contributed by atoms with Crippen molar-refractivity contribution in [1.29, 1.82) is 0 Å². The van der Waals surface area contributed by atoms with Crippen LogP contribution in [-0.2, 0) is 0 Å². The Balaban J connectivity index is 2.15. The van der Waals surface area contributed by atoms with Gasteiger partial charge in [-0.3, -0.25) is 0 Å². The molecule has 14 heavy (non-hydrogen) atoms. The molecule has 3 N–H and O–H groups in total. The number of aryl methyl sites for hydroxylation is 1. The Morgan fingerprint density at radius 1 is 1.29 bits per heavy atom. The maximum Gasteiger partial charge on any atom is 0.240 e. The average molecular weight is 206 g/mol. The van der Waals surface area contributed by atoms with E-state index in [4.69, 9.17) is 5.73 Å². The predicted octanol–water partition coefficient (Wildman–Crippen LogP) is 2.17. The lowest BCUT2D eigenvalue weighted by Crippen LogP contribution is -1.92. The van der Waals surface area contributed by atoms with Gasteiger partial charge in [-0.15, -0.1) is 0 Å². The Kier molecular flexibility index (Phi) is 2.32. The van der Waals surface area contributed by atoms with Crippen molar-refractivity contribution in [3.8, 4) is 0 Å². The van der Waals surface area contributed by atoms with Gasteiger partial charge in [0.2, 0.25) is 11.1 Å². The first-order valence-electron chi connectivity index (χ1n) is 4.17. The molecule has 4 nitrogen and oxygen atoms in total. The largest absolute Gasteiger partial charge is 0.374 e. The Labute approximate surface area is 86.0 Å². The molecule has 0 amide bonds. The van der Waals surface area contributed by atoms with Gasteiger partial charge >= 0.3 is 0 Å². The predicted molar refractivity (Wildman–Crippen MR) is 58.8 cm³/mol. The quantitative estimate of drug-likeness (QED) is 0.790. The second kappa shape index (κ2) is 3.63. The van der Waals surface area contributed by atoms with Crippen molar-refractivity contribution in [3.63, 3.8) is 0 Å². The number of rotatable bonds is 2. The van der Waals surface area contributed by atoms with E-state index in [9.17, 15) is 0 Å². The number of nitrogens with one attached hydrogen (secondary N) is 1. The van der Waals surface area contributed by atoms with E-state index in [0.29, 0.717) is 11.1 Å². The molecule has 0 aliphatic rings. The highest BCUT2D eigenvalue weighted by Crippen LogP contribution is 2.16. The smallest absolute Gasteiger partial charge is 0.240 e. The first kappa shape index (κ1) is 8.96. The van der Waals surface area contributed by atoms with Crippen LogP contribution in [0.3, 0.4) is 0 Å². The molecule has 72 valence electrons. The second-order valence-corrected chi connectivity index (χ2v) is 3.73. The Hall–Kier alpha value is -1.62. The van der Waals surface area contributed by atoms with Crippen LogP contribution < -0.4 is 11.1 Å². The zero-order valence-electron chi connectivity index (χ0n) is 7.69. The summed E-state index contributed by atoms with van der Waals surface area (Å²) in [5.74, 6) is 0.552. The maximum absolute atomic E-state index is 5.46. The standard InChI is InChI=1S/C9H10N4S/c1-6-2-4-7(5-3-6)11-9-12-8(10)14-13-9/h2-5H,1H3,(H3,10,11,12,13). The summed E-state index contributed by atoms with van der Waals surface area (Å²) in [6.07, 6.45) is 0. The first-order chi connectivity index (χ1) is 6.74. The number of nitrogens with zero attached hydrogens (tertiary/aromatic N) is 2. The number of aromatic nitrogens is 2. The third kappa shape index (κ3) is 2.00. The highest BCUT2D eigenvalue weighted by atomic mass is 32.1. The van der Waals surface area contributed by atoms with Crippen molar-refractivity contribution in [2.75, 3.05) is 11.1 Å². The van der Waals surface area contributed by atoms with Gasteiger partial charge < -0.3 is 11.1 Å². The van der Waals surface area contributed by atoms with Gasteiger partial charge in [-0.2, -0.15) is 9.36 Å². The molecule has 0 aliphatic carbocycles. The molecule has 2 rings (SSSR count). The molecule has 0 saturated heterocycles. The molecule has 2 aromatic rings. The Bertz CT molecular complexity index is 421. The lowest BCUT2D eigenvalue weighted by atomic mass is 10.2. The lowest BCUT2D eigenvalue weighted by Gasteiger charge is -2.00. The van der Waals surface area contributed by atoms with Crippen molar-refractivity contribution in [2.24, 2.45) is 0 Å². The zero-order valence-corrected chi connectivity index (χ0v) is 8.51. The molecular weight excluding hydrogens is 196 g/mol. The van der Waals surface area contributed by atoms with E-state index >= 15 is 0 Å². The van der Waals surface area contributed by atoms with Crippen LogP contribution in [-0.4, -0.2) is 9.36 Å². The lowest BCUT2D eigenvalue weighted by molar-refractivity contribution is 1.30. The minimum absolute atomic E-state index is 0.472. The molecule has 1 heterocycles. The van der Waals surface area contributed by atoms with E-state index in [-0.39, 0.29) is 0 Å². The van der Waals surface area contributed by atoms with E-state index < -0.39 is 0 Å². The summed E-state index contributed by atoms with van der Waals surface area (Å²) < 4.78 is 4.03. The minimum Gasteiger partial charge on any atom is -0.374 e. The van der Waals surface area contributed by atoms with Crippen LogP contribution in [0.2, 0.25) is 0 Å². The fraction of sp³-hybridized carbons (Fsp3) is 0.111. The normalized spacial score (nSPS) is 10.1. The van der Waals surface area contributed by atoms with Crippen LogP contribution in [0.25, 0.3) is 0 Å². The average Bonchev–Trinajstić information content (AvgIpc) is 2.56. The van der Waals surface area contributed by atoms with Crippen LogP contribution in [0, 0.1) is 6.92 Å². The van der Waals surface area contributed by atoms with Crippen molar-refractivity contribution >= 4 is 28.3 Å². The van der Waals surface area contributed by atoms with Gasteiger partial charge in [0.1, 0.15) is 0 Å². The zero-order chi connectivity index (χ0) is 9.97. The number of anilines is 3. The van der Waals surface area contributed by atoms with Gasteiger partial charge in [-0.25, -0.2) is 0 Å². The molecule has 0 fully saturated rings. The van der Waals surface area contributed by atoms with Crippen LogP contribution in [0.15, 0.2) is 24.3 Å². The third-order valence-corrected chi connectivity index (χ3v) is 2.29. The van der Waals surface area contributed by atoms with E-state index in [0.717, 1.165) is 5.69 Å². The van der Waals surface area contributed by atoms with E-state index in [1.807, 2.05) is 31.2 Å². The molecule has 1 aromatic heterocycles. The Morgan fingerprint density at radius 2 is 2.00 bits per heavy atom. The van der Waals surface area contributed by atoms with E-state index in [1.165, 1.54) is 17.1 Å². The van der Waals surface area contributed by atoms with Gasteiger partial charge in [0.15, 0.2) is 0 Å². The summed E-state index contributed by atoms with van der Waals surface area (Å²) in [7, 11) is 0. The third-order valence-electron chi connectivity index (χ3n) is 1.75. The minimum atomic E-state index is 0.472. The summed E-state index contributed by atoms with van der Waals surface area (Å²) in [6.45, 7) is 2.04. The molecule has 1 aromatic carbocycles. The van der Waals surface area contributed by atoms with Gasteiger partial charge in [0.05, 0.1) is 0 Å². The fourth-order valence-corrected chi connectivity index (χ4v) is 1.45. The molecule has 0 unspecified atom stereocenters. The molecule has 0 bridgehead atoms. The SMILES string of the molecule is Cc1ccc(Nc2nsc(N)n2)cc1. The van der Waals surface area contributed by atoms with E-state index in [2.05, 4.69) is 14.7 Å². The maximum atomic E-state index is 5.46. The molecule has 0 aliphatic heterocycles. The molecule has 0 radical (unpaired) electrons. The van der Waals surface area contributed by atoms with Crippen LogP contribution in [0.4, 0.5) is 16.8 Å². The number of hydrogen-bond donors (Lipinski definition) is 2. The fourth-order valence-electron chi connectivity index (χ4n) is 1.05. The molecule has 0 atom stereocenters. The highest BCUT2D eigenvalue weighted by molar-refractivity contribution is 7.09. The van der Waals surface area contributed by atoms with Crippen LogP contribution in [0.1, 0.15) is 5.56 Å². The van der Waals surface area contributed by atoms with Crippen molar-refractivity contribution in [3.05, 3.63) is 29.8 Å².